The predicted octanol–water partition coefficient (Wildman–Crippen LogP) is 3.07. The van der Waals surface area contributed by atoms with Crippen molar-refractivity contribution >= 4 is 5.91 Å². The minimum atomic E-state index is -0.171. The number of benzene rings is 1. The van der Waals surface area contributed by atoms with E-state index >= 15 is 0 Å². The molecule has 0 aliphatic carbocycles. The highest BCUT2D eigenvalue weighted by molar-refractivity contribution is 5.75. The largest absolute Gasteiger partial charge is 0.375 e. The molecule has 2 aliphatic rings. The molecule has 0 radical (unpaired) electrons. The minimum Gasteiger partial charge on any atom is -0.375 e. The average Bonchev–Trinajstić information content (AvgIpc) is 2.57. The summed E-state index contributed by atoms with van der Waals surface area (Å²) in [6.07, 6.45) is 4.59. The minimum absolute atomic E-state index is 0.0616. The fourth-order valence-electron chi connectivity index (χ4n) is 4.09. The molecule has 4 nitrogen and oxygen atoms in total. The monoisotopic (exact) mass is 348 g/mol. The van der Waals surface area contributed by atoms with Crippen molar-refractivity contribution in [3.05, 3.63) is 35.6 Å². The van der Waals surface area contributed by atoms with Gasteiger partial charge >= 0.3 is 0 Å². The third-order valence-electron chi connectivity index (χ3n) is 5.62. The molecular formula is C20H29FN2O2. The zero-order valence-corrected chi connectivity index (χ0v) is 15.3. The molecule has 5 heteroatoms. The highest BCUT2D eigenvalue weighted by atomic mass is 19.1. The molecule has 2 aliphatic heterocycles. The lowest BCUT2D eigenvalue weighted by molar-refractivity contribution is -0.140. The number of amides is 1. The number of likely N-dealkylation sites (tertiary alicyclic amines) is 1. The molecular weight excluding hydrogens is 319 g/mol. The molecule has 2 fully saturated rings. The molecule has 1 aromatic rings. The van der Waals surface area contributed by atoms with Gasteiger partial charge in [0.05, 0.1) is 5.60 Å². The molecule has 3 rings (SSSR count). The van der Waals surface area contributed by atoms with E-state index in [4.69, 9.17) is 4.74 Å². The third-order valence-corrected chi connectivity index (χ3v) is 5.62. The Morgan fingerprint density at radius 2 is 2.12 bits per heavy atom. The first-order valence-electron chi connectivity index (χ1n) is 9.27. The highest BCUT2D eigenvalue weighted by Crippen LogP contribution is 2.39. The number of carbonyl (C=O) groups excluding carboxylic acids is 1. The van der Waals surface area contributed by atoms with Crippen LogP contribution >= 0.6 is 0 Å². The molecule has 1 amide bonds. The summed E-state index contributed by atoms with van der Waals surface area (Å²) in [5, 5.41) is 0. The van der Waals surface area contributed by atoms with Gasteiger partial charge in [0.25, 0.3) is 0 Å². The van der Waals surface area contributed by atoms with Gasteiger partial charge in [-0.25, -0.2) is 4.39 Å². The van der Waals surface area contributed by atoms with Gasteiger partial charge in [0.15, 0.2) is 0 Å². The van der Waals surface area contributed by atoms with Crippen LogP contribution in [0.5, 0.6) is 0 Å². The Kier molecular flexibility index (Phi) is 5.74. The van der Waals surface area contributed by atoms with Crippen LogP contribution in [0.1, 0.15) is 37.7 Å². The molecule has 2 heterocycles. The smallest absolute Gasteiger partial charge is 0.222 e. The quantitative estimate of drug-likeness (QED) is 0.838. The number of piperidine rings is 1. The van der Waals surface area contributed by atoms with E-state index in [1.165, 1.54) is 6.07 Å². The first kappa shape index (κ1) is 18.3. The number of ether oxygens (including phenoxy) is 1. The van der Waals surface area contributed by atoms with Gasteiger partial charge in [0.2, 0.25) is 5.91 Å². The SMILES string of the molecule is CN(C)C(=O)CC1CCOC2(CCN(Cc3cccc(F)c3)CC2)C1. The third kappa shape index (κ3) is 4.79. The van der Waals surface area contributed by atoms with Crippen molar-refractivity contribution in [3.63, 3.8) is 0 Å². The summed E-state index contributed by atoms with van der Waals surface area (Å²) < 4.78 is 19.5. The van der Waals surface area contributed by atoms with Crippen LogP contribution in [0.15, 0.2) is 24.3 Å². The molecule has 1 spiro atoms. The maximum absolute atomic E-state index is 13.3. The van der Waals surface area contributed by atoms with E-state index in [1.807, 2.05) is 20.2 Å². The van der Waals surface area contributed by atoms with Crippen LogP contribution in [0.3, 0.4) is 0 Å². The lowest BCUT2D eigenvalue weighted by Crippen LogP contribution is -2.49. The van der Waals surface area contributed by atoms with Crippen molar-refractivity contribution < 1.29 is 13.9 Å². The van der Waals surface area contributed by atoms with Crippen molar-refractivity contribution in [2.45, 2.75) is 44.2 Å². The number of nitrogens with zero attached hydrogens (tertiary/aromatic N) is 2. The number of hydrogen-bond acceptors (Lipinski definition) is 3. The highest BCUT2D eigenvalue weighted by Gasteiger charge is 2.40. The van der Waals surface area contributed by atoms with Crippen LogP contribution in [0.25, 0.3) is 0 Å². The van der Waals surface area contributed by atoms with Crippen LogP contribution in [-0.4, -0.2) is 55.1 Å². The number of hydrogen-bond donors (Lipinski definition) is 0. The fourth-order valence-corrected chi connectivity index (χ4v) is 4.09. The van der Waals surface area contributed by atoms with Crippen molar-refractivity contribution in [1.29, 1.82) is 0 Å². The van der Waals surface area contributed by atoms with E-state index in [0.29, 0.717) is 12.3 Å². The first-order valence-corrected chi connectivity index (χ1v) is 9.27. The van der Waals surface area contributed by atoms with E-state index in [9.17, 15) is 9.18 Å². The molecule has 25 heavy (non-hydrogen) atoms. The second-order valence-electron chi connectivity index (χ2n) is 7.79. The Morgan fingerprint density at radius 3 is 2.80 bits per heavy atom. The maximum Gasteiger partial charge on any atom is 0.222 e. The van der Waals surface area contributed by atoms with E-state index in [2.05, 4.69) is 4.90 Å². The number of rotatable bonds is 4. The van der Waals surface area contributed by atoms with Crippen LogP contribution < -0.4 is 0 Å². The Balaban J connectivity index is 1.52. The fraction of sp³-hybridized carbons (Fsp3) is 0.650. The van der Waals surface area contributed by atoms with Gasteiger partial charge in [0.1, 0.15) is 5.82 Å². The molecule has 0 aromatic heterocycles. The molecule has 1 aromatic carbocycles. The Labute approximate surface area is 149 Å². The topological polar surface area (TPSA) is 32.8 Å². The summed E-state index contributed by atoms with van der Waals surface area (Å²) in [5.74, 6) is 0.471. The van der Waals surface area contributed by atoms with Crippen LogP contribution in [0, 0.1) is 11.7 Å². The summed E-state index contributed by atoms with van der Waals surface area (Å²) in [5.41, 5.74) is 0.962. The van der Waals surface area contributed by atoms with Gasteiger partial charge in [-0.1, -0.05) is 12.1 Å². The predicted molar refractivity (Wildman–Crippen MR) is 95.6 cm³/mol. The average molecular weight is 348 g/mol. The number of halogens is 1. The lowest BCUT2D eigenvalue weighted by Gasteiger charge is -2.46. The van der Waals surface area contributed by atoms with Gasteiger partial charge in [0, 0.05) is 46.8 Å². The normalized spacial score (nSPS) is 23.6. The Morgan fingerprint density at radius 1 is 1.36 bits per heavy atom. The second kappa shape index (κ2) is 7.83. The van der Waals surface area contributed by atoms with Gasteiger partial charge in [-0.05, 0) is 49.3 Å². The van der Waals surface area contributed by atoms with E-state index in [1.54, 1.807) is 17.0 Å². The second-order valence-corrected chi connectivity index (χ2v) is 7.79. The maximum atomic E-state index is 13.3. The van der Waals surface area contributed by atoms with Crippen LogP contribution in [0.4, 0.5) is 4.39 Å². The Hall–Kier alpha value is -1.46. The van der Waals surface area contributed by atoms with Gasteiger partial charge in [-0.3, -0.25) is 9.69 Å². The summed E-state index contributed by atoms with van der Waals surface area (Å²) >= 11 is 0. The van der Waals surface area contributed by atoms with Crippen molar-refractivity contribution in [2.75, 3.05) is 33.8 Å². The lowest BCUT2D eigenvalue weighted by atomic mass is 9.78. The van der Waals surface area contributed by atoms with E-state index in [-0.39, 0.29) is 17.3 Å². The van der Waals surface area contributed by atoms with Crippen LogP contribution in [-0.2, 0) is 16.1 Å². The molecule has 2 saturated heterocycles. The van der Waals surface area contributed by atoms with Crippen LogP contribution in [0.2, 0.25) is 0 Å². The number of carbonyl (C=O) groups is 1. The van der Waals surface area contributed by atoms with Gasteiger partial charge < -0.3 is 9.64 Å². The summed E-state index contributed by atoms with van der Waals surface area (Å²) in [4.78, 5) is 16.1. The zero-order valence-electron chi connectivity index (χ0n) is 15.3. The molecule has 0 saturated carbocycles. The zero-order chi connectivity index (χ0) is 17.9. The van der Waals surface area contributed by atoms with Gasteiger partial charge in [-0.2, -0.15) is 0 Å². The van der Waals surface area contributed by atoms with E-state index < -0.39 is 0 Å². The van der Waals surface area contributed by atoms with Crippen molar-refractivity contribution in [1.82, 2.24) is 9.80 Å². The van der Waals surface area contributed by atoms with E-state index in [0.717, 1.165) is 57.5 Å². The standard InChI is InChI=1S/C20H29FN2O2/c1-22(2)19(24)13-16-6-11-25-20(14-16)7-9-23(10-8-20)15-17-4-3-5-18(21)12-17/h3-5,12,16H,6-11,13-15H2,1-2H3. The molecule has 0 N–H and O–H groups in total. The molecule has 1 unspecified atom stereocenters. The van der Waals surface area contributed by atoms with Crippen molar-refractivity contribution in [3.8, 4) is 0 Å². The molecule has 138 valence electrons. The molecule has 1 atom stereocenters. The Bertz CT molecular complexity index is 597. The summed E-state index contributed by atoms with van der Waals surface area (Å²) in [6.45, 7) is 3.47. The summed E-state index contributed by atoms with van der Waals surface area (Å²) in [7, 11) is 3.64. The summed E-state index contributed by atoms with van der Waals surface area (Å²) in [6, 6.07) is 6.85. The first-order chi connectivity index (χ1) is 12.0. The van der Waals surface area contributed by atoms with Crippen molar-refractivity contribution in [2.24, 2.45) is 5.92 Å². The van der Waals surface area contributed by atoms with Gasteiger partial charge in [-0.15, -0.1) is 0 Å². The molecule has 0 bridgehead atoms.